The Bertz CT molecular complexity index is 2220. The van der Waals surface area contributed by atoms with Crippen LogP contribution in [0.25, 0.3) is 0 Å². The molecule has 17 N–H and O–H groups in total. The van der Waals surface area contributed by atoms with Gasteiger partial charge in [0.2, 0.25) is 0 Å². The number of rotatable bonds is 14. The van der Waals surface area contributed by atoms with E-state index < -0.39 is 205 Å². The Morgan fingerprint density at radius 1 is 0.447 bits per heavy atom. The summed E-state index contributed by atoms with van der Waals surface area (Å²) in [6, 6.07) is 0. The van der Waals surface area contributed by atoms with Gasteiger partial charge in [-0.05, 0) is 85.4 Å². The average molecular weight is 1230 g/mol. The van der Waals surface area contributed by atoms with E-state index >= 15 is 0 Å². The van der Waals surface area contributed by atoms with Crippen LogP contribution in [0.3, 0.4) is 0 Å². The van der Waals surface area contributed by atoms with E-state index in [1.807, 2.05) is 0 Å². The Hall–Kier alpha value is -1.16. The van der Waals surface area contributed by atoms with Crippen molar-refractivity contribution in [2.45, 2.75) is 257 Å². The fourth-order valence-electron chi connectivity index (χ4n) is 17.4. The van der Waals surface area contributed by atoms with Crippen molar-refractivity contribution in [3.05, 3.63) is 0 Å². The minimum absolute atomic E-state index is 0.00749. The van der Waals surface area contributed by atoms with Gasteiger partial charge in [-0.15, -0.1) is 0 Å². The lowest BCUT2D eigenvalue weighted by Gasteiger charge is -2.62. The molecule has 0 bridgehead atoms. The summed E-state index contributed by atoms with van der Waals surface area (Å²) in [5.41, 5.74) is -0.531. The summed E-state index contributed by atoms with van der Waals surface area (Å²) in [5.74, 6) is 0.388. The molecule has 85 heavy (non-hydrogen) atoms. The summed E-state index contributed by atoms with van der Waals surface area (Å²) in [7, 11) is 0. The summed E-state index contributed by atoms with van der Waals surface area (Å²) in [6.45, 7) is 5.21. The second-order valence-electron chi connectivity index (χ2n) is 26.9. The molecule has 0 radical (unpaired) electrons. The van der Waals surface area contributed by atoms with E-state index in [1.165, 1.54) is 0 Å². The molecule has 0 amide bonds. The zero-order valence-electron chi connectivity index (χ0n) is 48.1. The number of hydrogen-bond acceptors (Lipinski definition) is 29. The van der Waals surface area contributed by atoms with Gasteiger partial charge in [0.05, 0.1) is 64.1 Å². The molecule has 7 saturated heterocycles. The average Bonchev–Trinajstić information content (AvgIpc) is 1.59. The molecule has 0 aromatic rings. The maximum Gasteiger partial charge on any atom is 0.187 e. The van der Waals surface area contributed by atoms with Crippen LogP contribution in [0.2, 0.25) is 0 Å². The Morgan fingerprint density at radius 2 is 1.01 bits per heavy atom. The van der Waals surface area contributed by atoms with Gasteiger partial charge < -0.3 is 144 Å². The van der Waals surface area contributed by atoms with Crippen molar-refractivity contribution >= 4 is 0 Å². The van der Waals surface area contributed by atoms with E-state index in [0.717, 1.165) is 38.5 Å². The molecular weight excluding hydrogens is 1140 g/mol. The third-order valence-corrected chi connectivity index (χ3v) is 22.2. The quantitative estimate of drug-likeness (QED) is 0.0719. The van der Waals surface area contributed by atoms with Gasteiger partial charge >= 0.3 is 0 Å². The minimum atomic E-state index is -2.21. The lowest BCUT2D eigenvalue weighted by molar-refractivity contribution is -0.410. The van der Waals surface area contributed by atoms with E-state index in [-0.39, 0.29) is 52.4 Å². The highest BCUT2D eigenvalue weighted by molar-refractivity contribution is 5.19. The van der Waals surface area contributed by atoms with Gasteiger partial charge in [0.25, 0.3) is 0 Å². The first kappa shape index (κ1) is 65.3. The number of fused-ring (bicyclic) bond motifs is 7. The summed E-state index contributed by atoms with van der Waals surface area (Å²) in [4.78, 5) is 0. The van der Waals surface area contributed by atoms with Crippen LogP contribution in [0.1, 0.15) is 79.1 Å². The molecule has 0 aromatic heterocycles. The maximum absolute atomic E-state index is 12.3. The molecule has 29 heteroatoms. The highest BCUT2D eigenvalue weighted by Gasteiger charge is 2.73. The largest absolute Gasteiger partial charge is 0.394 e. The van der Waals surface area contributed by atoms with Crippen LogP contribution in [0.5, 0.6) is 0 Å². The predicted octanol–water partition coefficient (Wildman–Crippen LogP) is -6.50. The number of hydrogen-bond donors (Lipinski definition) is 17. The lowest BCUT2D eigenvalue weighted by atomic mass is 9.44. The standard InChI is InChI=1S/C56H92O29/c1-19-7-10-56(75-17-19)20(2)31-45(85-56)37(67)32-22-6-5-21-11-26(24(61)12-55(21,4)23(22)8-9-54(31,32)3)76-50-42(72)39(69)44(30(16-60)80-50)81-53-48(47(36(66)29(15-59)79-53)83-49-40(70)33(63)25(62)18-74-49)84-52-43(73)46(35(65)28(14-58)78-52)82-51-41(71)38(68)34(64)27(13-57)77-51/h19-53,57-73H,5-18H2,1-4H3/t19-,20+,21+,22-,23+,24-,25-,26-,27-,28-,29-,30-,31+,32-,33+,34-,35+,36?,37+,38+,39-,40-,41-,42-,43-,44+,45-,46+,47+,48-,49+,50-,51?,52+,53+,54-,55+,56-/m1/s1. The first-order valence-corrected chi connectivity index (χ1v) is 30.5. The number of aliphatic hydroxyl groups is 17. The third kappa shape index (κ3) is 11.3. The smallest absolute Gasteiger partial charge is 0.187 e. The highest BCUT2D eigenvalue weighted by Crippen LogP contribution is 2.71. The molecule has 0 aromatic carbocycles. The predicted molar refractivity (Wildman–Crippen MR) is 278 cm³/mol. The van der Waals surface area contributed by atoms with Gasteiger partial charge in [0.15, 0.2) is 37.2 Å². The molecule has 1 spiro atoms. The third-order valence-electron chi connectivity index (χ3n) is 22.2. The second kappa shape index (κ2) is 25.4. The van der Waals surface area contributed by atoms with Crippen LogP contribution in [0.15, 0.2) is 0 Å². The summed E-state index contributed by atoms with van der Waals surface area (Å²) >= 11 is 0. The van der Waals surface area contributed by atoms with Gasteiger partial charge in [-0.25, -0.2) is 0 Å². The van der Waals surface area contributed by atoms with Gasteiger partial charge in [-0.2, -0.15) is 0 Å². The Morgan fingerprint density at radius 3 is 1.67 bits per heavy atom. The summed E-state index contributed by atoms with van der Waals surface area (Å²) < 4.78 is 72.8. The molecule has 4 saturated carbocycles. The van der Waals surface area contributed by atoms with E-state index in [4.69, 9.17) is 56.8 Å². The molecular formula is C56H92O29. The van der Waals surface area contributed by atoms with Crippen LogP contribution < -0.4 is 0 Å². The molecule has 11 rings (SSSR count). The zero-order chi connectivity index (χ0) is 61.1. The van der Waals surface area contributed by atoms with Crippen molar-refractivity contribution in [3.63, 3.8) is 0 Å². The monoisotopic (exact) mass is 1230 g/mol. The number of aliphatic hydroxyl groups excluding tert-OH is 17. The van der Waals surface area contributed by atoms with E-state index in [1.54, 1.807) is 0 Å². The van der Waals surface area contributed by atoms with Crippen LogP contribution >= 0.6 is 0 Å². The first-order chi connectivity index (χ1) is 40.3. The summed E-state index contributed by atoms with van der Waals surface area (Å²) in [5, 5.41) is 188. The normalized spacial score (nSPS) is 58.1. The van der Waals surface area contributed by atoms with Gasteiger partial charge in [0, 0.05) is 18.3 Å². The summed E-state index contributed by atoms with van der Waals surface area (Å²) in [6.07, 6.45) is -42.5. The Kier molecular flexibility index (Phi) is 19.5. The molecule has 4 aliphatic carbocycles. The van der Waals surface area contributed by atoms with Crippen molar-refractivity contribution in [3.8, 4) is 0 Å². The lowest BCUT2D eigenvalue weighted by Crippen LogP contribution is -2.69. The fraction of sp³-hybridized carbons (Fsp3) is 1.00. The highest BCUT2D eigenvalue weighted by atomic mass is 16.8. The molecule has 7 aliphatic heterocycles. The van der Waals surface area contributed by atoms with E-state index in [2.05, 4.69) is 27.7 Å². The molecule has 490 valence electrons. The Balaban J connectivity index is 0.797. The van der Waals surface area contributed by atoms with Gasteiger partial charge in [-0.1, -0.05) is 27.7 Å². The Labute approximate surface area is 491 Å². The molecule has 11 fully saturated rings. The second-order valence-corrected chi connectivity index (χ2v) is 26.9. The van der Waals surface area contributed by atoms with Crippen molar-refractivity contribution in [2.75, 3.05) is 39.6 Å². The van der Waals surface area contributed by atoms with Crippen LogP contribution in [-0.2, 0) is 56.8 Å². The van der Waals surface area contributed by atoms with Crippen molar-refractivity contribution in [1.29, 1.82) is 0 Å². The van der Waals surface area contributed by atoms with Crippen molar-refractivity contribution in [1.82, 2.24) is 0 Å². The fourth-order valence-corrected chi connectivity index (χ4v) is 17.4. The zero-order valence-corrected chi connectivity index (χ0v) is 48.1. The molecule has 7 heterocycles. The van der Waals surface area contributed by atoms with Gasteiger partial charge in [-0.3, -0.25) is 0 Å². The van der Waals surface area contributed by atoms with Gasteiger partial charge in [0.1, 0.15) is 116 Å². The van der Waals surface area contributed by atoms with Crippen LogP contribution in [0, 0.1) is 52.3 Å². The first-order valence-electron chi connectivity index (χ1n) is 30.5. The van der Waals surface area contributed by atoms with Crippen LogP contribution in [0.4, 0.5) is 0 Å². The van der Waals surface area contributed by atoms with E-state index in [9.17, 15) is 86.8 Å². The SMILES string of the molecule is C[C@@H]1CC[C@@]2(OC1)O[C@H]1[C@@H](O)[C@H]3[C@@H]4CC[C@H]5C[C@@H](O[C@@H]6O[C@H](CO)[C@H](O[C@@H]7O[C@H](CO)C(O)[C@H](O[C@@H]8OC[C@@H](O)[C@H](O)[C@H]8O)[C@H]7O[C@@H]7O[C@H](CO)[C@H](O)[C@H](OC8O[C@H](CO)[C@@H](O)[C@H](O)[C@H]8O)[C@H]7O)[C@H](O)[C@H]6O)[C@H](O)C[C@]5(C)[C@H]4CC[C@]3(C)[C@H]1[C@@H]2C. The maximum atomic E-state index is 12.3. The molecule has 2 unspecified atom stereocenters. The van der Waals surface area contributed by atoms with E-state index in [0.29, 0.717) is 25.4 Å². The van der Waals surface area contributed by atoms with Crippen molar-refractivity contribution in [2.24, 2.45) is 52.3 Å². The van der Waals surface area contributed by atoms with Crippen molar-refractivity contribution < 1.29 is 144 Å². The molecule has 11 aliphatic rings. The molecule has 38 atom stereocenters. The minimum Gasteiger partial charge on any atom is -0.394 e. The molecule has 29 nitrogen and oxygen atoms in total. The topological polar surface area (TPSA) is 455 Å². The number of ether oxygens (including phenoxy) is 12. The van der Waals surface area contributed by atoms with Crippen LogP contribution in [-0.4, -0.2) is 304 Å².